The number of benzene rings is 1. The van der Waals surface area contributed by atoms with Crippen LogP contribution in [0, 0.1) is 0 Å². The summed E-state index contributed by atoms with van der Waals surface area (Å²) < 4.78 is 23.9. The van der Waals surface area contributed by atoms with Crippen molar-refractivity contribution in [2.75, 3.05) is 7.05 Å². The number of rotatable bonds is 3. The second-order valence-corrected chi connectivity index (χ2v) is 4.34. The second-order valence-electron chi connectivity index (χ2n) is 2.39. The first-order chi connectivity index (χ1) is 6.09. The summed E-state index contributed by atoms with van der Waals surface area (Å²) in [5, 5.41) is 3.33. The van der Waals surface area contributed by atoms with Crippen molar-refractivity contribution in [1.82, 2.24) is 4.41 Å². The first kappa shape index (κ1) is 9.73. The van der Waals surface area contributed by atoms with Gasteiger partial charge in [-0.3, -0.25) is 0 Å². The smallest absolute Gasteiger partial charge is 0.200 e. The minimum atomic E-state index is -3.48. The average Bonchev–Trinajstić information content (AvgIpc) is 2.18. The van der Waals surface area contributed by atoms with Crippen LogP contribution in [0.2, 0.25) is 0 Å². The van der Waals surface area contributed by atoms with E-state index >= 15 is 0 Å². The van der Waals surface area contributed by atoms with Crippen LogP contribution in [0.15, 0.2) is 40.3 Å². The molecule has 1 rings (SSSR count). The van der Waals surface area contributed by atoms with Gasteiger partial charge in [-0.1, -0.05) is 18.2 Å². The zero-order chi connectivity index (χ0) is 9.90. The lowest BCUT2D eigenvalue weighted by atomic mass is 10.4. The van der Waals surface area contributed by atoms with E-state index in [1.807, 2.05) is 0 Å². The van der Waals surface area contributed by atoms with E-state index in [9.17, 15) is 8.42 Å². The summed E-state index contributed by atoms with van der Waals surface area (Å²) in [4.78, 5) is 0.213. The van der Waals surface area contributed by atoms with Crippen molar-refractivity contribution in [1.29, 1.82) is 0 Å². The van der Waals surface area contributed by atoms with Crippen LogP contribution in [0.1, 0.15) is 0 Å². The van der Waals surface area contributed by atoms with Crippen LogP contribution >= 0.6 is 0 Å². The van der Waals surface area contributed by atoms with Gasteiger partial charge in [0, 0.05) is 13.8 Å². The maximum Gasteiger partial charge on any atom is 0.278 e. The number of hydrogen-bond donors (Lipinski definition) is 0. The van der Waals surface area contributed by atoms with Gasteiger partial charge in [0.1, 0.15) is 0 Å². The van der Waals surface area contributed by atoms with E-state index in [0.717, 1.165) is 4.41 Å². The molecule has 1 aromatic rings. The lowest BCUT2D eigenvalue weighted by Gasteiger charge is -2.11. The van der Waals surface area contributed by atoms with Gasteiger partial charge < -0.3 is 0 Å². The van der Waals surface area contributed by atoms with Crippen LogP contribution in [-0.4, -0.2) is 26.6 Å². The molecule has 0 amide bonds. The molecule has 0 atom stereocenters. The van der Waals surface area contributed by atoms with Gasteiger partial charge in [0.15, 0.2) is 0 Å². The Balaban J connectivity index is 3.16. The minimum absolute atomic E-state index is 0.213. The van der Waals surface area contributed by atoms with Crippen LogP contribution in [0.5, 0.6) is 0 Å². The fourth-order valence-corrected chi connectivity index (χ4v) is 1.78. The van der Waals surface area contributed by atoms with Gasteiger partial charge in [-0.15, -0.1) is 0 Å². The fourth-order valence-electron chi connectivity index (χ4n) is 0.821. The van der Waals surface area contributed by atoms with E-state index in [0.29, 0.717) is 0 Å². The van der Waals surface area contributed by atoms with Gasteiger partial charge >= 0.3 is 0 Å². The monoisotopic (exact) mass is 198 g/mol. The van der Waals surface area contributed by atoms with E-state index in [1.165, 1.54) is 19.2 Å². The second kappa shape index (κ2) is 3.57. The van der Waals surface area contributed by atoms with E-state index in [1.54, 1.807) is 18.2 Å². The predicted molar refractivity (Wildman–Crippen MR) is 50.9 cm³/mol. The van der Waals surface area contributed by atoms with Crippen molar-refractivity contribution in [3.8, 4) is 0 Å². The molecule has 0 aliphatic rings. The molecule has 70 valence electrons. The maximum absolute atomic E-state index is 11.6. The van der Waals surface area contributed by atoms with Gasteiger partial charge in [0.05, 0.1) is 4.90 Å². The Labute approximate surface area is 77.5 Å². The molecule has 0 fully saturated rings. The first-order valence-corrected chi connectivity index (χ1v) is 5.03. The third kappa shape index (κ3) is 1.86. The van der Waals surface area contributed by atoms with Crippen molar-refractivity contribution in [3.05, 3.63) is 30.3 Å². The lowest BCUT2D eigenvalue weighted by Crippen LogP contribution is -2.20. The summed E-state index contributed by atoms with van der Waals surface area (Å²) in [5.74, 6) is 0. The highest BCUT2D eigenvalue weighted by atomic mass is 32.2. The fraction of sp³-hybridized carbons (Fsp3) is 0.125. The Morgan fingerprint density at radius 1 is 1.31 bits per heavy atom. The van der Waals surface area contributed by atoms with E-state index in [-0.39, 0.29) is 4.90 Å². The van der Waals surface area contributed by atoms with Gasteiger partial charge in [-0.25, -0.2) is 0 Å². The highest BCUT2D eigenvalue weighted by Crippen LogP contribution is 2.12. The van der Waals surface area contributed by atoms with Crippen molar-refractivity contribution >= 4 is 16.7 Å². The summed E-state index contributed by atoms with van der Waals surface area (Å²) in [7, 11) is -2.14. The number of nitrogens with zero attached hydrogens (tertiary/aromatic N) is 2. The largest absolute Gasteiger partial charge is 0.278 e. The molecule has 0 spiro atoms. The zero-order valence-electron chi connectivity index (χ0n) is 7.21. The first-order valence-electron chi connectivity index (χ1n) is 3.59. The molecule has 0 N–H and O–H groups in total. The van der Waals surface area contributed by atoms with E-state index in [2.05, 4.69) is 11.8 Å². The molecule has 4 nitrogen and oxygen atoms in total. The molecular weight excluding hydrogens is 188 g/mol. The standard InChI is InChI=1S/C8H10N2O2S/c1-9-10(2)13(11,12)8-6-4-3-5-7-8/h3-7H,1H2,2H3. The maximum atomic E-state index is 11.6. The van der Waals surface area contributed by atoms with Crippen molar-refractivity contribution in [2.24, 2.45) is 5.10 Å². The number of hydrazone groups is 1. The highest BCUT2D eigenvalue weighted by Gasteiger charge is 2.17. The third-order valence-electron chi connectivity index (χ3n) is 1.59. The SMILES string of the molecule is C=NN(C)S(=O)(=O)c1ccccc1. The summed E-state index contributed by atoms with van der Waals surface area (Å²) in [5.41, 5.74) is 0. The van der Waals surface area contributed by atoms with Crippen LogP contribution < -0.4 is 0 Å². The van der Waals surface area contributed by atoms with Gasteiger partial charge in [-0.2, -0.15) is 17.9 Å². The molecule has 0 saturated carbocycles. The highest BCUT2D eigenvalue weighted by molar-refractivity contribution is 7.89. The molecule has 0 saturated heterocycles. The van der Waals surface area contributed by atoms with Gasteiger partial charge in [-0.05, 0) is 12.1 Å². The number of hydrogen-bond acceptors (Lipinski definition) is 3. The van der Waals surface area contributed by atoms with E-state index < -0.39 is 10.0 Å². The van der Waals surface area contributed by atoms with Crippen molar-refractivity contribution in [3.63, 3.8) is 0 Å². The molecule has 0 aliphatic carbocycles. The number of sulfonamides is 1. The quantitative estimate of drug-likeness (QED) is 0.535. The molecule has 0 radical (unpaired) electrons. The van der Waals surface area contributed by atoms with Crippen LogP contribution in [0.25, 0.3) is 0 Å². The third-order valence-corrected chi connectivity index (χ3v) is 3.27. The summed E-state index contributed by atoms with van der Waals surface area (Å²) in [6.45, 7) is 3.15. The average molecular weight is 198 g/mol. The van der Waals surface area contributed by atoms with Crippen molar-refractivity contribution in [2.45, 2.75) is 4.90 Å². The molecule has 13 heavy (non-hydrogen) atoms. The molecule has 1 aromatic carbocycles. The van der Waals surface area contributed by atoms with Crippen LogP contribution in [0.3, 0.4) is 0 Å². The Bertz CT molecular complexity index is 386. The normalized spacial score (nSPS) is 10.8. The van der Waals surface area contributed by atoms with Gasteiger partial charge in [0.25, 0.3) is 10.0 Å². The zero-order valence-corrected chi connectivity index (χ0v) is 8.03. The summed E-state index contributed by atoms with van der Waals surface area (Å²) in [6, 6.07) is 8.09. The Kier molecular flexibility index (Phi) is 2.67. The molecular formula is C8H10N2O2S. The summed E-state index contributed by atoms with van der Waals surface area (Å²) >= 11 is 0. The molecule has 0 heterocycles. The molecule has 5 heteroatoms. The Morgan fingerprint density at radius 3 is 2.31 bits per heavy atom. The predicted octanol–water partition coefficient (Wildman–Crippen LogP) is 0.923. The Hall–Kier alpha value is -1.36. The summed E-state index contributed by atoms with van der Waals surface area (Å²) in [6.07, 6.45) is 0. The molecule has 0 unspecified atom stereocenters. The topological polar surface area (TPSA) is 49.7 Å². The van der Waals surface area contributed by atoms with E-state index in [4.69, 9.17) is 0 Å². The minimum Gasteiger partial charge on any atom is -0.200 e. The molecule has 0 aliphatic heterocycles. The lowest BCUT2D eigenvalue weighted by molar-refractivity contribution is 0.492. The Morgan fingerprint density at radius 2 is 1.85 bits per heavy atom. The van der Waals surface area contributed by atoms with Crippen LogP contribution in [-0.2, 0) is 10.0 Å². The van der Waals surface area contributed by atoms with Crippen LogP contribution in [0.4, 0.5) is 0 Å². The van der Waals surface area contributed by atoms with Crippen molar-refractivity contribution < 1.29 is 8.42 Å². The molecule has 0 bridgehead atoms. The van der Waals surface area contributed by atoms with Gasteiger partial charge in [0.2, 0.25) is 0 Å². The molecule has 0 aromatic heterocycles.